The molecule has 18 heavy (non-hydrogen) atoms. The van der Waals surface area contributed by atoms with E-state index in [1.54, 1.807) is 23.5 Å². The molecule has 2 aromatic rings. The summed E-state index contributed by atoms with van der Waals surface area (Å²) in [5.41, 5.74) is 2.21. The van der Waals surface area contributed by atoms with Crippen molar-refractivity contribution < 1.29 is 9.90 Å². The molecule has 0 amide bonds. The van der Waals surface area contributed by atoms with Crippen molar-refractivity contribution in [1.29, 1.82) is 0 Å². The van der Waals surface area contributed by atoms with Crippen LogP contribution in [0.25, 0.3) is 0 Å². The van der Waals surface area contributed by atoms with Crippen LogP contribution in [-0.2, 0) is 17.6 Å². The lowest BCUT2D eigenvalue weighted by atomic mass is 10.2. The van der Waals surface area contributed by atoms with Gasteiger partial charge in [-0.2, -0.15) is 11.3 Å². The molecule has 2 nitrogen and oxygen atoms in total. The zero-order valence-electron chi connectivity index (χ0n) is 10.1. The van der Waals surface area contributed by atoms with E-state index < -0.39 is 5.97 Å². The van der Waals surface area contributed by atoms with Crippen molar-refractivity contribution in [2.45, 2.75) is 12.8 Å². The molecule has 0 atom stereocenters. The van der Waals surface area contributed by atoms with Gasteiger partial charge >= 0.3 is 5.97 Å². The van der Waals surface area contributed by atoms with Crippen molar-refractivity contribution >= 4 is 17.3 Å². The molecule has 1 aromatic heterocycles. The standard InChI is InChI=1S/C8H8O2.C7H8S/c9-8(10)6-7-4-2-1-3-5-7;1-2-3-7-4-5-8-6-7/h1-5H,6H2,(H,9,10);2,4-6H,1,3H2. The minimum Gasteiger partial charge on any atom is -0.481 e. The molecule has 94 valence electrons. The third-order valence-corrected chi connectivity index (χ3v) is 2.89. The molecule has 0 fully saturated rings. The summed E-state index contributed by atoms with van der Waals surface area (Å²) >= 11 is 1.73. The summed E-state index contributed by atoms with van der Waals surface area (Å²) in [5.74, 6) is -0.786. The van der Waals surface area contributed by atoms with Gasteiger partial charge in [0, 0.05) is 0 Å². The Morgan fingerprint density at radius 1 is 1.22 bits per heavy atom. The summed E-state index contributed by atoms with van der Waals surface area (Å²) in [6.07, 6.45) is 3.03. The second-order valence-corrected chi connectivity index (χ2v) is 4.46. The molecule has 0 unspecified atom stereocenters. The summed E-state index contributed by atoms with van der Waals surface area (Å²) in [6, 6.07) is 11.2. The molecule has 0 saturated carbocycles. The first-order valence-corrected chi connectivity index (χ1v) is 6.54. The lowest BCUT2D eigenvalue weighted by molar-refractivity contribution is -0.136. The zero-order valence-corrected chi connectivity index (χ0v) is 10.9. The van der Waals surface area contributed by atoms with Crippen molar-refractivity contribution in [1.82, 2.24) is 0 Å². The van der Waals surface area contributed by atoms with E-state index in [9.17, 15) is 4.79 Å². The number of hydrogen-bond donors (Lipinski definition) is 1. The highest BCUT2D eigenvalue weighted by Gasteiger charge is 1.96. The molecule has 1 heterocycles. The zero-order chi connectivity index (χ0) is 13.2. The highest BCUT2D eigenvalue weighted by Crippen LogP contribution is 2.05. The van der Waals surface area contributed by atoms with Gasteiger partial charge in [0.05, 0.1) is 6.42 Å². The Balaban J connectivity index is 0.000000184. The molecular weight excluding hydrogens is 244 g/mol. The largest absolute Gasteiger partial charge is 0.481 e. The number of hydrogen-bond acceptors (Lipinski definition) is 2. The molecule has 0 spiro atoms. The third kappa shape index (κ3) is 6.01. The van der Waals surface area contributed by atoms with Gasteiger partial charge in [-0.15, -0.1) is 6.58 Å². The molecule has 0 bridgehead atoms. The molecule has 0 aliphatic carbocycles. The number of carboxylic acid groups (broad SMARTS) is 1. The topological polar surface area (TPSA) is 37.3 Å². The van der Waals surface area contributed by atoms with Crippen LogP contribution >= 0.6 is 11.3 Å². The van der Waals surface area contributed by atoms with Gasteiger partial charge in [-0.1, -0.05) is 36.4 Å². The molecule has 0 radical (unpaired) electrons. The summed E-state index contributed by atoms with van der Waals surface area (Å²) < 4.78 is 0. The van der Waals surface area contributed by atoms with E-state index in [-0.39, 0.29) is 6.42 Å². The van der Waals surface area contributed by atoms with Crippen molar-refractivity contribution in [3.63, 3.8) is 0 Å². The molecule has 3 heteroatoms. The summed E-state index contributed by atoms with van der Waals surface area (Å²) in [6.45, 7) is 3.64. The summed E-state index contributed by atoms with van der Waals surface area (Å²) in [5, 5.41) is 12.6. The first-order chi connectivity index (χ1) is 8.72. The number of carboxylic acids is 1. The van der Waals surface area contributed by atoms with Crippen molar-refractivity contribution in [3.05, 3.63) is 70.9 Å². The average Bonchev–Trinajstić information content (AvgIpc) is 2.84. The van der Waals surface area contributed by atoms with Crippen LogP contribution in [0.1, 0.15) is 11.1 Å². The normalized spacial score (nSPS) is 9.11. The Morgan fingerprint density at radius 3 is 2.44 bits per heavy atom. The van der Waals surface area contributed by atoms with Crippen LogP contribution < -0.4 is 0 Å². The second kappa shape index (κ2) is 8.25. The number of aliphatic carboxylic acids is 1. The van der Waals surface area contributed by atoms with Gasteiger partial charge in [0.2, 0.25) is 0 Å². The predicted octanol–water partition coefficient (Wildman–Crippen LogP) is 3.79. The lowest BCUT2D eigenvalue weighted by Gasteiger charge is -1.92. The van der Waals surface area contributed by atoms with Crippen molar-refractivity contribution in [3.8, 4) is 0 Å². The minimum atomic E-state index is -0.786. The van der Waals surface area contributed by atoms with E-state index >= 15 is 0 Å². The fourth-order valence-corrected chi connectivity index (χ4v) is 2.03. The van der Waals surface area contributed by atoms with Gasteiger partial charge in [0.15, 0.2) is 0 Å². The van der Waals surface area contributed by atoms with Crippen LogP contribution in [0.3, 0.4) is 0 Å². The van der Waals surface area contributed by atoms with E-state index in [0.29, 0.717) is 0 Å². The van der Waals surface area contributed by atoms with Gasteiger partial charge in [-0.05, 0) is 34.4 Å². The van der Waals surface area contributed by atoms with E-state index in [1.807, 2.05) is 24.3 Å². The van der Waals surface area contributed by atoms with Gasteiger partial charge in [-0.25, -0.2) is 0 Å². The summed E-state index contributed by atoms with van der Waals surface area (Å²) in [4.78, 5) is 10.2. The Kier molecular flexibility index (Phi) is 6.51. The van der Waals surface area contributed by atoms with Gasteiger partial charge in [-0.3, -0.25) is 4.79 Å². The Morgan fingerprint density at radius 2 is 1.94 bits per heavy atom. The predicted molar refractivity (Wildman–Crippen MR) is 76.0 cm³/mol. The summed E-state index contributed by atoms with van der Waals surface area (Å²) in [7, 11) is 0. The maximum atomic E-state index is 10.2. The van der Waals surface area contributed by atoms with Crippen LogP contribution in [0.15, 0.2) is 59.8 Å². The number of benzene rings is 1. The molecule has 1 N–H and O–H groups in total. The number of allylic oxidation sites excluding steroid dienone is 1. The van der Waals surface area contributed by atoms with Crippen LogP contribution in [0.4, 0.5) is 0 Å². The first kappa shape index (κ1) is 14.2. The fourth-order valence-electron chi connectivity index (χ4n) is 1.35. The monoisotopic (exact) mass is 260 g/mol. The maximum absolute atomic E-state index is 10.2. The number of rotatable bonds is 4. The molecule has 2 rings (SSSR count). The highest BCUT2D eigenvalue weighted by atomic mass is 32.1. The minimum absolute atomic E-state index is 0.112. The molecule has 0 aliphatic rings. The highest BCUT2D eigenvalue weighted by molar-refractivity contribution is 7.07. The Labute approximate surface area is 111 Å². The van der Waals surface area contributed by atoms with Crippen LogP contribution in [-0.4, -0.2) is 11.1 Å². The molecular formula is C15H16O2S. The molecule has 0 saturated heterocycles. The quantitative estimate of drug-likeness (QED) is 0.849. The van der Waals surface area contributed by atoms with Crippen LogP contribution in [0, 0.1) is 0 Å². The maximum Gasteiger partial charge on any atom is 0.307 e. The third-order valence-electron chi connectivity index (χ3n) is 2.16. The number of thiophene rings is 1. The molecule has 1 aromatic carbocycles. The van der Waals surface area contributed by atoms with E-state index in [4.69, 9.17) is 5.11 Å². The molecule has 0 aliphatic heterocycles. The van der Waals surface area contributed by atoms with E-state index in [2.05, 4.69) is 23.4 Å². The average molecular weight is 260 g/mol. The van der Waals surface area contributed by atoms with Gasteiger partial charge in [0.25, 0.3) is 0 Å². The van der Waals surface area contributed by atoms with E-state index in [0.717, 1.165) is 12.0 Å². The fraction of sp³-hybridized carbons (Fsp3) is 0.133. The van der Waals surface area contributed by atoms with Gasteiger partial charge in [0.1, 0.15) is 0 Å². The second-order valence-electron chi connectivity index (χ2n) is 3.68. The van der Waals surface area contributed by atoms with Crippen molar-refractivity contribution in [2.75, 3.05) is 0 Å². The Hall–Kier alpha value is -1.87. The van der Waals surface area contributed by atoms with Crippen molar-refractivity contribution in [2.24, 2.45) is 0 Å². The SMILES string of the molecule is C=CCc1ccsc1.O=C(O)Cc1ccccc1. The van der Waals surface area contributed by atoms with Crippen LogP contribution in [0.5, 0.6) is 0 Å². The smallest absolute Gasteiger partial charge is 0.307 e. The first-order valence-electron chi connectivity index (χ1n) is 5.60. The number of carbonyl (C=O) groups is 1. The lowest BCUT2D eigenvalue weighted by Crippen LogP contribution is -1.98. The van der Waals surface area contributed by atoms with E-state index in [1.165, 1.54) is 5.56 Å². The Bertz CT molecular complexity index is 461. The van der Waals surface area contributed by atoms with Gasteiger partial charge < -0.3 is 5.11 Å². The van der Waals surface area contributed by atoms with Crippen LogP contribution in [0.2, 0.25) is 0 Å².